The van der Waals surface area contributed by atoms with Crippen molar-refractivity contribution in [2.24, 2.45) is 11.8 Å². The van der Waals surface area contributed by atoms with E-state index in [1.54, 1.807) is 26.0 Å². The number of rotatable bonds is 4. The van der Waals surface area contributed by atoms with Gasteiger partial charge in [0, 0.05) is 23.7 Å². The lowest BCUT2D eigenvalue weighted by molar-refractivity contribution is -0.143. The molecule has 0 unspecified atom stereocenters. The van der Waals surface area contributed by atoms with Crippen LogP contribution in [0.1, 0.15) is 18.1 Å². The van der Waals surface area contributed by atoms with Crippen molar-refractivity contribution >= 4 is 35.0 Å². The highest BCUT2D eigenvalue weighted by Gasteiger charge is 2.71. The van der Waals surface area contributed by atoms with E-state index < -0.39 is 47.2 Å². The predicted octanol–water partition coefficient (Wildman–Crippen LogP) is 0.396. The molecular weight excluding hydrogens is 386 g/mol. The standard InChI is InChI=1S/C19H22ClN3O5/c1-8-11(20)5-4-10-14(8)21-18(27)19(10)13-12(15(22-19)9(2)24)16(25)23(17(13)26)6-7-28-3/h4-5,9,12-13,15,22,24H,6-7H2,1-3H3,(H,21,27)/t9-,12-,13-,15+,19+/m0/s1. The van der Waals surface area contributed by atoms with E-state index in [2.05, 4.69) is 10.6 Å². The Morgan fingerprint density at radius 1 is 1.32 bits per heavy atom. The molecule has 5 atom stereocenters. The van der Waals surface area contributed by atoms with Gasteiger partial charge in [-0.05, 0) is 25.5 Å². The third kappa shape index (κ3) is 2.32. The second-order valence-corrected chi connectivity index (χ2v) is 8.00. The highest BCUT2D eigenvalue weighted by molar-refractivity contribution is 6.32. The number of anilines is 1. The molecule has 0 bridgehead atoms. The molecule has 9 heteroatoms. The van der Waals surface area contributed by atoms with E-state index in [-0.39, 0.29) is 13.2 Å². The van der Waals surface area contributed by atoms with Gasteiger partial charge in [-0.3, -0.25) is 24.6 Å². The number of hydrogen-bond donors (Lipinski definition) is 3. The maximum absolute atomic E-state index is 13.3. The predicted molar refractivity (Wildman–Crippen MR) is 101 cm³/mol. The summed E-state index contributed by atoms with van der Waals surface area (Å²) in [6, 6.07) is 2.64. The number of carbonyl (C=O) groups excluding carboxylic acids is 3. The van der Waals surface area contributed by atoms with Gasteiger partial charge in [-0.25, -0.2) is 0 Å². The fourth-order valence-electron chi connectivity index (χ4n) is 4.80. The van der Waals surface area contributed by atoms with E-state index in [0.29, 0.717) is 21.8 Å². The summed E-state index contributed by atoms with van der Waals surface area (Å²) < 4.78 is 5.02. The first-order valence-electron chi connectivity index (χ1n) is 9.16. The van der Waals surface area contributed by atoms with Crippen LogP contribution in [0.5, 0.6) is 0 Å². The Morgan fingerprint density at radius 3 is 2.68 bits per heavy atom. The first-order valence-corrected chi connectivity index (χ1v) is 9.54. The zero-order chi connectivity index (χ0) is 20.4. The molecule has 4 rings (SSSR count). The van der Waals surface area contributed by atoms with Crippen LogP contribution in [0.15, 0.2) is 12.1 Å². The summed E-state index contributed by atoms with van der Waals surface area (Å²) >= 11 is 6.20. The summed E-state index contributed by atoms with van der Waals surface area (Å²) in [6.07, 6.45) is -0.934. The average Bonchev–Trinajstić information content (AvgIpc) is 3.23. The van der Waals surface area contributed by atoms with Crippen LogP contribution in [-0.4, -0.2) is 60.1 Å². The number of amides is 3. The third-order valence-corrected chi connectivity index (χ3v) is 6.56. The number of methoxy groups -OCH3 is 1. The Labute approximate surface area is 167 Å². The summed E-state index contributed by atoms with van der Waals surface area (Å²) in [7, 11) is 1.49. The van der Waals surface area contributed by atoms with Crippen molar-refractivity contribution < 1.29 is 24.2 Å². The molecule has 2 fully saturated rings. The van der Waals surface area contributed by atoms with E-state index in [0.717, 1.165) is 4.90 Å². The van der Waals surface area contributed by atoms with Gasteiger partial charge in [-0.15, -0.1) is 0 Å². The number of ether oxygens (including phenoxy) is 1. The largest absolute Gasteiger partial charge is 0.392 e. The second kappa shape index (κ2) is 6.52. The fraction of sp³-hybridized carbons (Fsp3) is 0.526. The normalized spacial score (nSPS) is 32.1. The zero-order valence-corrected chi connectivity index (χ0v) is 16.5. The summed E-state index contributed by atoms with van der Waals surface area (Å²) in [4.78, 5) is 40.6. The summed E-state index contributed by atoms with van der Waals surface area (Å²) in [5.74, 6) is -3.02. The van der Waals surface area contributed by atoms with Gasteiger partial charge in [0.25, 0.3) is 0 Å². The number of nitrogens with zero attached hydrogens (tertiary/aromatic N) is 1. The molecule has 3 aliphatic heterocycles. The molecule has 1 aromatic carbocycles. The number of likely N-dealkylation sites (tertiary alicyclic amines) is 1. The van der Waals surface area contributed by atoms with Gasteiger partial charge in [0.05, 0.1) is 36.8 Å². The minimum atomic E-state index is -1.43. The lowest BCUT2D eigenvalue weighted by Gasteiger charge is -2.30. The Morgan fingerprint density at radius 2 is 2.04 bits per heavy atom. The van der Waals surface area contributed by atoms with Crippen LogP contribution < -0.4 is 10.6 Å². The van der Waals surface area contributed by atoms with Crippen molar-refractivity contribution in [3.63, 3.8) is 0 Å². The van der Waals surface area contributed by atoms with Crippen molar-refractivity contribution in [1.29, 1.82) is 0 Å². The van der Waals surface area contributed by atoms with Gasteiger partial charge in [-0.2, -0.15) is 0 Å². The lowest BCUT2D eigenvalue weighted by atomic mass is 9.76. The second-order valence-electron chi connectivity index (χ2n) is 7.59. The SMILES string of the molecule is COCCN1C(=O)[C@@H]2[C@@H]([C@H](C)O)N[C@@]3(C(=O)Nc4c3ccc(Cl)c4C)[C@@H]2C1=O. The topological polar surface area (TPSA) is 108 Å². The number of imide groups is 1. The summed E-state index contributed by atoms with van der Waals surface area (Å²) in [5.41, 5.74) is 0.389. The molecule has 3 heterocycles. The fourth-order valence-corrected chi connectivity index (χ4v) is 4.95. The van der Waals surface area contributed by atoms with Crippen LogP contribution in [0.2, 0.25) is 5.02 Å². The average molecular weight is 408 g/mol. The van der Waals surface area contributed by atoms with Crippen molar-refractivity contribution in [3.05, 3.63) is 28.3 Å². The van der Waals surface area contributed by atoms with E-state index >= 15 is 0 Å². The summed E-state index contributed by atoms with van der Waals surface area (Å²) in [6.45, 7) is 3.64. The van der Waals surface area contributed by atoms with Crippen LogP contribution in [-0.2, 0) is 24.7 Å². The molecule has 0 radical (unpaired) electrons. The minimum Gasteiger partial charge on any atom is -0.392 e. The zero-order valence-electron chi connectivity index (χ0n) is 15.8. The highest BCUT2D eigenvalue weighted by atomic mass is 35.5. The number of benzene rings is 1. The number of hydrogen-bond acceptors (Lipinski definition) is 6. The Kier molecular flexibility index (Phi) is 4.50. The first kappa shape index (κ1) is 19.3. The first-order chi connectivity index (χ1) is 13.3. The van der Waals surface area contributed by atoms with Gasteiger partial charge in [0.15, 0.2) is 0 Å². The number of fused-ring (bicyclic) bond motifs is 4. The third-order valence-electron chi connectivity index (χ3n) is 6.15. The Bertz CT molecular complexity index is 889. The number of nitrogens with one attached hydrogen (secondary N) is 2. The maximum Gasteiger partial charge on any atom is 0.250 e. The maximum atomic E-state index is 13.3. The molecule has 0 aliphatic carbocycles. The Hall–Kier alpha value is -2.00. The van der Waals surface area contributed by atoms with E-state index in [1.807, 2.05) is 0 Å². The molecule has 0 aromatic heterocycles. The number of aliphatic hydroxyl groups is 1. The molecule has 150 valence electrons. The van der Waals surface area contributed by atoms with Gasteiger partial charge >= 0.3 is 0 Å². The summed E-state index contributed by atoms with van der Waals surface area (Å²) in [5, 5.41) is 16.8. The molecule has 3 N–H and O–H groups in total. The van der Waals surface area contributed by atoms with Crippen LogP contribution in [0, 0.1) is 18.8 Å². The monoisotopic (exact) mass is 407 g/mol. The number of carbonyl (C=O) groups is 3. The molecule has 3 amide bonds. The molecule has 0 saturated carbocycles. The Balaban J connectivity index is 1.88. The van der Waals surface area contributed by atoms with Gasteiger partial charge in [0.1, 0.15) is 5.54 Å². The van der Waals surface area contributed by atoms with Crippen molar-refractivity contribution in [3.8, 4) is 0 Å². The van der Waals surface area contributed by atoms with Gasteiger partial charge < -0.3 is 15.2 Å². The smallest absolute Gasteiger partial charge is 0.250 e. The lowest BCUT2D eigenvalue weighted by Crippen LogP contribution is -2.55. The van der Waals surface area contributed by atoms with Crippen LogP contribution >= 0.6 is 11.6 Å². The van der Waals surface area contributed by atoms with Gasteiger partial charge in [0.2, 0.25) is 17.7 Å². The number of halogens is 1. The van der Waals surface area contributed by atoms with Crippen molar-refractivity contribution in [1.82, 2.24) is 10.2 Å². The molecule has 1 spiro atoms. The molecule has 3 aliphatic rings. The molecular formula is C19H22ClN3O5. The van der Waals surface area contributed by atoms with Crippen molar-refractivity contribution in [2.75, 3.05) is 25.6 Å². The van der Waals surface area contributed by atoms with E-state index in [4.69, 9.17) is 16.3 Å². The van der Waals surface area contributed by atoms with E-state index in [1.165, 1.54) is 7.11 Å². The highest BCUT2D eigenvalue weighted by Crippen LogP contribution is 2.54. The quantitative estimate of drug-likeness (QED) is 0.623. The molecule has 2 saturated heterocycles. The molecule has 8 nitrogen and oxygen atoms in total. The van der Waals surface area contributed by atoms with Crippen LogP contribution in [0.3, 0.4) is 0 Å². The number of aliphatic hydroxyl groups excluding tert-OH is 1. The van der Waals surface area contributed by atoms with Gasteiger partial charge in [-0.1, -0.05) is 17.7 Å². The van der Waals surface area contributed by atoms with E-state index in [9.17, 15) is 19.5 Å². The minimum absolute atomic E-state index is 0.109. The van der Waals surface area contributed by atoms with Crippen LogP contribution in [0.4, 0.5) is 5.69 Å². The molecule has 1 aromatic rings. The molecule has 28 heavy (non-hydrogen) atoms. The van der Waals surface area contributed by atoms with Crippen molar-refractivity contribution in [2.45, 2.75) is 31.5 Å². The van der Waals surface area contributed by atoms with Crippen LogP contribution in [0.25, 0.3) is 0 Å².